The van der Waals surface area contributed by atoms with Crippen molar-refractivity contribution in [2.24, 2.45) is 0 Å². The summed E-state index contributed by atoms with van der Waals surface area (Å²) in [6, 6.07) is 0.487. The molecule has 6 nitrogen and oxygen atoms in total. The summed E-state index contributed by atoms with van der Waals surface area (Å²) in [5, 5.41) is 3.34. The van der Waals surface area contributed by atoms with Crippen LogP contribution in [-0.2, 0) is 11.3 Å². The maximum Gasteiger partial charge on any atom is 0.358 e. The van der Waals surface area contributed by atoms with E-state index in [0.717, 1.165) is 31.9 Å². The zero-order valence-electron chi connectivity index (χ0n) is 10.7. The Morgan fingerprint density at radius 1 is 1.56 bits per heavy atom. The lowest BCUT2D eigenvalue weighted by Crippen LogP contribution is -2.49. The van der Waals surface area contributed by atoms with Crippen LogP contribution in [0.5, 0.6) is 0 Å². The van der Waals surface area contributed by atoms with E-state index in [9.17, 15) is 4.79 Å². The van der Waals surface area contributed by atoms with E-state index in [1.807, 2.05) is 0 Å². The molecule has 0 amide bonds. The summed E-state index contributed by atoms with van der Waals surface area (Å²) >= 11 is 0. The number of ether oxygens (including phenoxy) is 1. The van der Waals surface area contributed by atoms with E-state index in [2.05, 4.69) is 31.8 Å². The van der Waals surface area contributed by atoms with Gasteiger partial charge in [-0.05, 0) is 6.92 Å². The van der Waals surface area contributed by atoms with Crippen molar-refractivity contribution in [1.29, 1.82) is 0 Å². The van der Waals surface area contributed by atoms with Crippen LogP contribution in [0.25, 0.3) is 0 Å². The molecule has 1 N–H and O–H groups in total. The molecule has 0 aromatic carbocycles. The van der Waals surface area contributed by atoms with Crippen molar-refractivity contribution in [3.63, 3.8) is 0 Å². The van der Waals surface area contributed by atoms with Crippen molar-refractivity contribution in [2.75, 3.05) is 26.7 Å². The van der Waals surface area contributed by atoms with Crippen molar-refractivity contribution in [3.8, 4) is 0 Å². The second-order valence-corrected chi connectivity index (χ2v) is 4.41. The number of esters is 1. The Morgan fingerprint density at radius 2 is 2.39 bits per heavy atom. The van der Waals surface area contributed by atoms with E-state index < -0.39 is 5.97 Å². The molecule has 1 aliphatic rings. The Bertz CT molecular complexity index is 407. The summed E-state index contributed by atoms with van der Waals surface area (Å²) in [6.45, 7) is 5.94. The Hall–Kier alpha value is -1.53. The third-order valence-electron chi connectivity index (χ3n) is 3.10. The molecule has 0 unspecified atom stereocenters. The van der Waals surface area contributed by atoms with Crippen LogP contribution in [0.2, 0.25) is 0 Å². The summed E-state index contributed by atoms with van der Waals surface area (Å²) in [4.78, 5) is 21.9. The highest BCUT2D eigenvalue weighted by Crippen LogP contribution is 2.07. The van der Waals surface area contributed by atoms with Gasteiger partial charge in [-0.1, -0.05) is 0 Å². The molecule has 1 atom stereocenters. The largest absolute Gasteiger partial charge is 0.464 e. The number of carbonyl (C=O) groups excluding carboxylic acids is 1. The fourth-order valence-corrected chi connectivity index (χ4v) is 1.97. The van der Waals surface area contributed by atoms with E-state index in [4.69, 9.17) is 0 Å². The van der Waals surface area contributed by atoms with Crippen LogP contribution in [0, 0.1) is 0 Å². The number of carbonyl (C=O) groups is 1. The Kier molecular flexibility index (Phi) is 4.22. The molecule has 0 spiro atoms. The quantitative estimate of drug-likeness (QED) is 0.765. The van der Waals surface area contributed by atoms with Crippen molar-refractivity contribution >= 4 is 5.97 Å². The van der Waals surface area contributed by atoms with Gasteiger partial charge in [-0.15, -0.1) is 0 Å². The van der Waals surface area contributed by atoms with Crippen LogP contribution in [0.4, 0.5) is 0 Å². The van der Waals surface area contributed by atoms with Crippen LogP contribution in [-0.4, -0.2) is 53.6 Å². The number of rotatable bonds is 3. The van der Waals surface area contributed by atoms with Crippen LogP contribution in [0.15, 0.2) is 12.4 Å². The summed E-state index contributed by atoms with van der Waals surface area (Å²) in [5.41, 5.74) is 1.12. The molecule has 1 aliphatic heterocycles. The molecule has 1 aromatic heterocycles. The van der Waals surface area contributed by atoms with Gasteiger partial charge in [0.05, 0.1) is 25.2 Å². The Labute approximate surface area is 106 Å². The molecule has 0 radical (unpaired) electrons. The molecule has 2 rings (SSSR count). The second-order valence-electron chi connectivity index (χ2n) is 4.41. The first-order valence-electron chi connectivity index (χ1n) is 6.04. The van der Waals surface area contributed by atoms with Crippen LogP contribution < -0.4 is 5.32 Å². The zero-order chi connectivity index (χ0) is 13.0. The molecule has 6 heteroatoms. The van der Waals surface area contributed by atoms with Crippen LogP contribution >= 0.6 is 0 Å². The first-order valence-corrected chi connectivity index (χ1v) is 6.04. The molecule has 0 bridgehead atoms. The van der Waals surface area contributed by atoms with E-state index in [1.54, 1.807) is 6.20 Å². The minimum absolute atomic E-state index is 0.245. The summed E-state index contributed by atoms with van der Waals surface area (Å²) in [7, 11) is 1.33. The lowest BCUT2D eigenvalue weighted by Gasteiger charge is -2.33. The summed E-state index contributed by atoms with van der Waals surface area (Å²) < 4.78 is 4.58. The van der Waals surface area contributed by atoms with Crippen molar-refractivity contribution in [1.82, 2.24) is 20.2 Å². The summed E-state index contributed by atoms with van der Waals surface area (Å²) in [6.07, 6.45) is 3.11. The normalized spacial score (nSPS) is 20.7. The fourth-order valence-electron chi connectivity index (χ4n) is 1.97. The number of methoxy groups -OCH3 is 1. The van der Waals surface area contributed by atoms with Gasteiger partial charge in [0, 0.05) is 32.2 Å². The van der Waals surface area contributed by atoms with Crippen LogP contribution in [0.3, 0.4) is 0 Å². The predicted octanol–water partition coefficient (Wildman–Crippen LogP) is 0.0569. The first-order chi connectivity index (χ1) is 8.70. The van der Waals surface area contributed by atoms with Gasteiger partial charge in [-0.25, -0.2) is 9.78 Å². The lowest BCUT2D eigenvalue weighted by molar-refractivity contribution is 0.0593. The fraction of sp³-hybridized carbons (Fsp3) is 0.583. The molecule has 1 saturated heterocycles. The average Bonchev–Trinajstić information content (AvgIpc) is 2.41. The highest BCUT2D eigenvalue weighted by atomic mass is 16.5. The molecule has 18 heavy (non-hydrogen) atoms. The van der Waals surface area contributed by atoms with Gasteiger partial charge in [0.2, 0.25) is 0 Å². The number of aromatic nitrogens is 2. The Morgan fingerprint density at radius 3 is 3.00 bits per heavy atom. The highest BCUT2D eigenvalue weighted by Gasteiger charge is 2.18. The third kappa shape index (κ3) is 3.02. The van der Waals surface area contributed by atoms with Crippen LogP contribution in [0.1, 0.15) is 23.1 Å². The monoisotopic (exact) mass is 250 g/mol. The van der Waals surface area contributed by atoms with E-state index >= 15 is 0 Å². The number of nitrogens with zero attached hydrogens (tertiary/aromatic N) is 3. The van der Waals surface area contributed by atoms with E-state index in [1.165, 1.54) is 13.3 Å². The van der Waals surface area contributed by atoms with Gasteiger partial charge in [-0.2, -0.15) is 0 Å². The maximum atomic E-state index is 11.2. The van der Waals surface area contributed by atoms with Gasteiger partial charge in [0.15, 0.2) is 5.69 Å². The smallest absolute Gasteiger partial charge is 0.358 e. The van der Waals surface area contributed by atoms with Gasteiger partial charge in [0.25, 0.3) is 0 Å². The lowest BCUT2D eigenvalue weighted by atomic mass is 10.2. The van der Waals surface area contributed by atoms with Crippen molar-refractivity contribution in [3.05, 3.63) is 23.8 Å². The predicted molar refractivity (Wildman–Crippen MR) is 66.1 cm³/mol. The third-order valence-corrected chi connectivity index (χ3v) is 3.10. The molecule has 0 saturated carbocycles. The van der Waals surface area contributed by atoms with Crippen molar-refractivity contribution in [2.45, 2.75) is 19.5 Å². The zero-order valence-corrected chi connectivity index (χ0v) is 10.7. The number of nitrogens with one attached hydrogen (secondary N) is 1. The number of hydrogen-bond acceptors (Lipinski definition) is 6. The van der Waals surface area contributed by atoms with Gasteiger partial charge < -0.3 is 10.1 Å². The summed E-state index contributed by atoms with van der Waals surface area (Å²) in [5.74, 6) is -0.454. The number of piperazine rings is 1. The SMILES string of the molecule is COC(=O)c1cnc(CN2CCNC[C@H]2C)cn1. The minimum Gasteiger partial charge on any atom is -0.464 e. The highest BCUT2D eigenvalue weighted by molar-refractivity contribution is 5.86. The molecule has 0 aliphatic carbocycles. The van der Waals surface area contributed by atoms with E-state index in [-0.39, 0.29) is 5.69 Å². The Balaban J connectivity index is 1.99. The molecule has 1 aromatic rings. The topological polar surface area (TPSA) is 67.3 Å². The van der Waals surface area contributed by atoms with Gasteiger partial charge >= 0.3 is 5.97 Å². The molecule has 2 heterocycles. The average molecular weight is 250 g/mol. The molecule has 1 fully saturated rings. The van der Waals surface area contributed by atoms with Crippen molar-refractivity contribution < 1.29 is 9.53 Å². The van der Waals surface area contributed by atoms with Gasteiger partial charge in [-0.3, -0.25) is 9.88 Å². The second kappa shape index (κ2) is 5.88. The number of hydrogen-bond donors (Lipinski definition) is 1. The first kappa shape index (κ1) is 12.9. The van der Waals surface area contributed by atoms with E-state index in [0.29, 0.717) is 6.04 Å². The van der Waals surface area contributed by atoms with Gasteiger partial charge in [0.1, 0.15) is 0 Å². The maximum absolute atomic E-state index is 11.2. The minimum atomic E-state index is -0.454. The molecule has 98 valence electrons. The standard InChI is InChI=1S/C12H18N4O2/c1-9-5-13-3-4-16(9)8-10-6-15-11(7-14-10)12(17)18-2/h6-7,9,13H,3-5,8H2,1-2H3/t9-/m1/s1. The molecular formula is C12H18N4O2. The molecular weight excluding hydrogens is 232 g/mol.